The van der Waals surface area contributed by atoms with Crippen LogP contribution in [0.1, 0.15) is 51.8 Å². The second kappa shape index (κ2) is 8.31. The van der Waals surface area contributed by atoms with E-state index >= 15 is 0 Å². The first-order chi connectivity index (χ1) is 12.9. The lowest BCUT2D eigenvalue weighted by Crippen LogP contribution is -2.44. The number of amides is 2. The predicted molar refractivity (Wildman–Crippen MR) is 109 cm³/mol. The molecule has 1 aromatic heterocycles. The molecule has 3 heterocycles. The van der Waals surface area contributed by atoms with Gasteiger partial charge in [-0.15, -0.1) is 0 Å². The highest BCUT2D eigenvalue weighted by Crippen LogP contribution is 2.30. The standard InChI is InChI=1S/C20H34N6O/c1-6-21-20(27)26-12-9-17-16(13-26)18(24(5)14(2)3)23-19(22-17)25-10-7-15(4)8-11-25/h14-15H,6-13H2,1-5H3,(H,21,27). The van der Waals surface area contributed by atoms with Gasteiger partial charge >= 0.3 is 6.03 Å². The molecule has 2 amide bonds. The van der Waals surface area contributed by atoms with E-state index in [-0.39, 0.29) is 6.03 Å². The molecule has 1 fully saturated rings. The third-order valence-electron chi connectivity index (χ3n) is 5.82. The molecular weight excluding hydrogens is 340 g/mol. The van der Waals surface area contributed by atoms with Crippen molar-refractivity contribution < 1.29 is 4.79 Å². The first-order valence-corrected chi connectivity index (χ1v) is 10.3. The Labute approximate surface area is 163 Å². The minimum absolute atomic E-state index is 0.00426. The summed E-state index contributed by atoms with van der Waals surface area (Å²) in [6.07, 6.45) is 3.17. The number of piperidine rings is 1. The topological polar surface area (TPSA) is 64.6 Å². The molecule has 150 valence electrons. The third kappa shape index (κ3) is 4.28. The average molecular weight is 375 g/mol. The van der Waals surface area contributed by atoms with Crippen LogP contribution in [0.15, 0.2) is 0 Å². The summed E-state index contributed by atoms with van der Waals surface area (Å²) < 4.78 is 0. The van der Waals surface area contributed by atoms with Gasteiger partial charge in [-0.25, -0.2) is 9.78 Å². The first kappa shape index (κ1) is 19.7. The number of carbonyl (C=O) groups is 1. The van der Waals surface area contributed by atoms with E-state index in [1.165, 1.54) is 12.8 Å². The molecule has 0 saturated carbocycles. The number of nitrogens with zero attached hydrogens (tertiary/aromatic N) is 5. The minimum Gasteiger partial charge on any atom is -0.357 e. The van der Waals surface area contributed by atoms with Crippen LogP contribution in [-0.4, -0.2) is 60.2 Å². The van der Waals surface area contributed by atoms with Gasteiger partial charge in [0.05, 0.1) is 12.2 Å². The van der Waals surface area contributed by atoms with Crippen molar-refractivity contribution in [3.05, 3.63) is 11.3 Å². The summed E-state index contributed by atoms with van der Waals surface area (Å²) in [6.45, 7) is 12.6. The molecule has 0 aromatic carbocycles. The summed E-state index contributed by atoms with van der Waals surface area (Å²) in [6, 6.07) is 0.327. The smallest absolute Gasteiger partial charge is 0.317 e. The molecule has 3 rings (SSSR count). The van der Waals surface area contributed by atoms with Crippen molar-refractivity contribution in [1.82, 2.24) is 20.2 Å². The zero-order valence-electron chi connectivity index (χ0n) is 17.5. The Bertz CT molecular complexity index is 669. The van der Waals surface area contributed by atoms with E-state index in [9.17, 15) is 4.79 Å². The van der Waals surface area contributed by atoms with E-state index in [0.29, 0.717) is 25.7 Å². The van der Waals surface area contributed by atoms with E-state index in [1.54, 1.807) is 0 Å². The summed E-state index contributed by atoms with van der Waals surface area (Å²) in [4.78, 5) is 28.6. The average Bonchev–Trinajstić information content (AvgIpc) is 2.66. The Kier molecular flexibility index (Phi) is 6.07. The fourth-order valence-corrected chi connectivity index (χ4v) is 3.71. The molecule has 7 heteroatoms. The Morgan fingerprint density at radius 2 is 1.96 bits per heavy atom. The molecular formula is C20H34N6O. The highest BCUT2D eigenvalue weighted by Gasteiger charge is 2.29. The lowest BCUT2D eigenvalue weighted by molar-refractivity contribution is 0.192. The van der Waals surface area contributed by atoms with Gasteiger partial charge < -0.3 is 20.0 Å². The number of hydrogen-bond acceptors (Lipinski definition) is 5. The summed E-state index contributed by atoms with van der Waals surface area (Å²) in [5, 5.41) is 2.91. The SMILES string of the molecule is CCNC(=O)N1CCc2nc(N3CCC(C)CC3)nc(N(C)C(C)C)c2C1. The van der Waals surface area contributed by atoms with Crippen molar-refractivity contribution >= 4 is 17.8 Å². The number of fused-ring (bicyclic) bond motifs is 1. The Morgan fingerprint density at radius 1 is 1.26 bits per heavy atom. The molecule has 2 aliphatic heterocycles. The van der Waals surface area contributed by atoms with E-state index in [1.807, 2.05) is 11.8 Å². The van der Waals surface area contributed by atoms with Crippen LogP contribution in [0.2, 0.25) is 0 Å². The number of urea groups is 1. The van der Waals surface area contributed by atoms with Gasteiger partial charge in [-0.2, -0.15) is 4.98 Å². The molecule has 1 aromatic rings. The van der Waals surface area contributed by atoms with Crippen LogP contribution in [0.25, 0.3) is 0 Å². The van der Waals surface area contributed by atoms with Crippen molar-refractivity contribution in [3.8, 4) is 0 Å². The van der Waals surface area contributed by atoms with E-state index in [4.69, 9.17) is 9.97 Å². The van der Waals surface area contributed by atoms with E-state index in [2.05, 4.69) is 42.9 Å². The first-order valence-electron chi connectivity index (χ1n) is 10.3. The molecule has 0 bridgehead atoms. The fourth-order valence-electron chi connectivity index (χ4n) is 3.71. The van der Waals surface area contributed by atoms with Crippen LogP contribution in [0.3, 0.4) is 0 Å². The normalized spacial score (nSPS) is 17.9. The maximum Gasteiger partial charge on any atom is 0.317 e. The van der Waals surface area contributed by atoms with Crippen LogP contribution >= 0.6 is 0 Å². The van der Waals surface area contributed by atoms with Crippen LogP contribution < -0.4 is 15.1 Å². The zero-order chi connectivity index (χ0) is 19.6. The number of hydrogen-bond donors (Lipinski definition) is 1. The van der Waals surface area contributed by atoms with E-state index < -0.39 is 0 Å². The van der Waals surface area contributed by atoms with Gasteiger partial charge in [0.2, 0.25) is 5.95 Å². The number of nitrogens with one attached hydrogen (secondary N) is 1. The monoisotopic (exact) mass is 374 g/mol. The van der Waals surface area contributed by atoms with Gasteiger partial charge in [0.15, 0.2) is 0 Å². The number of carbonyl (C=O) groups excluding carboxylic acids is 1. The van der Waals surface area contributed by atoms with Crippen LogP contribution in [-0.2, 0) is 13.0 Å². The second-order valence-corrected chi connectivity index (χ2v) is 8.15. The molecule has 2 aliphatic rings. The lowest BCUT2D eigenvalue weighted by atomic mass is 9.99. The molecule has 0 atom stereocenters. The van der Waals surface area contributed by atoms with Crippen LogP contribution in [0.4, 0.5) is 16.6 Å². The van der Waals surface area contributed by atoms with Gasteiger partial charge in [0.25, 0.3) is 0 Å². The van der Waals surface area contributed by atoms with Crippen molar-refractivity contribution in [3.63, 3.8) is 0 Å². The molecule has 0 spiro atoms. The minimum atomic E-state index is -0.00426. The van der Waals surface area contributed by atoms with Gasteiger partial charge in [-0.05, 0) is 39.5 Å². The maximum atomic E-state index is 12.3. The van der Waals surface area contributed by atoms with Crippen LogP contribution in [0.5, 0.6) is 0 Å². The maximum absolute atomic E-state index is 12.3. The molecule has 0 radical (unpaired) electrons. The van der Waals surface area contributed by atoms with Crippen molar-refractivity contribution in [2.24, 2.45) is 5.92 Å². The van der Waals surface area contributed by atoms with Gasteiger partial charge in [0.1, 0.15) is 5.82 Å². The zero-order valence-corrected chi connectivity index (χ0v) is 17.5. The molecule has 0 aliphatic carbocycles. The molecule has 1 saturated heterocycles. The number of rotatable bonds is 4. The summed E-state index contributed by atoms with van der Waals surface area (Å²) in [5.41, 5.74) is 2.19. The molecule has 0 unspecified atom stereocenters. The van der Waals surface area contributed by atoms with Crippen molar-refractivity contribution in [2.75, 3.05) is 43.0 Å². The Hall–Kier alpha value is -2.05. The third-order valence-corrected chi connectivity index (χ3v) is 5.82. The summed E-state index contributed by atoms with van der Waals surface area (Å²) >= 11 is 0. The highest BCUT2D eigenvalue weighted by molar-refractivity contribution is 5.75. The largest absolute Gasteiger partial charge is 0.357 e. The molecule has 27 heavy (non-hydrogen) atoms. The predicted octanol–water partition coefficient (Wildman–Crippen LogP) is 2.65. The van der Waals surface area contributed by atoms with Gasteiger partial charge in [0, 0.05) is 51.3 Å². The highest BCUT2D eigenvalue weighted by atomic mass is 16.2. The summed E-state index contributed by atoms with van der Waals surface area (Å²) in [7, 11) is 2.08. The Morgan fingerprint density at radius 3 is 2.59 bits per heavy atom. The van der Waals surface area contributed by atoms with Crippen LogP contribution in [0, 0.1) is 5.92 Å². The van der Waals surface area contributed by atoms with E-state index in [0.717, 1.165) is 48.5 Å². The number of anilines is 2. The van der Waals surface area contributed by atoms with Crippen molar-refractivity contribution in [2.45, 2.75) is 59.5 Å². The van der Waals surface area contributed by atoms with Crippen molar-refractivity contribution in [1.29, 1.82) is 0 Å². The molecule has 1 N–H and O–H groups in total. The summed E-state index contributed by atoms with van der Waals surface area (Å²) in [5.74, 6) is 2.61. The number of aromatic nitrogens is 2. The quantitative estimate of drug-likeness (QED) is 0.878. The Balaban J connectivity index is 1.93. The van der Waals surface area contributed by atoms with Gasteiger partial charge in [-0.3, -0.25) is 0 Å². The lowest BCUT2D eigenvalue weighted by Gasteiger charge is -2.35. The second-order valence-electron chi connectivity index (χ2n) is 8.15. The molecule has 7 nitrogen and oxygen atoms in total. The van der Waals surface area contributed by atoms with Gasteiger partial charge in [-0.1, -0.05) is 6.92 Å². The fraction of sp³-hybridized carbons (Fsp3) is 0.750.